The third-order valence-corrected chi connectivity index (χ3v) is 3.57. The molecule has 0 spiro atoms. The van der Waals surface area contributed by atoms with Gasteiger partial charge in [-0.15, -0.1) is 0 Å². The molecule has 2 aromatic heterocycles. The number of imidazole rings is 1. The molecule has 4 nitrogen and oxygen atoms in total. The molecular formula is C12H16BN4. The van der Waals surface area contributed by atoms with Crippen LogP contribution < -0.4 is 5.59 Å². The van der Waals surface area contributed by atoms with Gasteiger partial charge in [0.25, 0.3) is 0 Å². The Morgan fingerprint density at radius 2 is 2.06 bits per heavy atom. The lowest BCUT2D eigenvalue weighted by Crippen LogP contribution is -2.22. The molecule has 87 valence electrons. The van der Waals surface area contributed by atoms with Gasteiger partial charge in [0, 0.05) is 11.5 Å². The molecule has 2 heterocycles. The normalized spacial score (nSPS) is 17.5. The second-order valence-corrected chi connectivity index (χ2v) is 4.69. The van der Waals surface area contributed by atoms with Crippen LogP contribution in [0.25, 0.3) is 11.2 Å². The van der Waals surface area contributed by atoms with E-state index in [1.165, 1.54) is 32.1 Å². The van der Waals surface area contributed by atoms with E-state index in [0.29, 0.717) is 5.92 Å². The van der Waals surface area contributed by atoms with Gasteiger partial charge < -0.3 is 4.98 Å². The Balaban J connectivity index is 2.03. The van der Waals surface area contributed by atoms with E-state index in [2.05, 4.69) is 19.9 Å². The Bertz CT molecular complexity index is 516. The Kier molecular flexibility index (Phi) is 2.83. The summed E-state index contributed by atoms with van der Waals surface area (Å²) in [5, 5.41) is 0. The molecule has 5 heteroatoms. The zero-order valence-corrected chi connectivity index (χ0v) is 10.1. The maximum atomic E-state index is 4.68. The van der Waals surface area contributed by atoms with Crippen LogP contribution in [0.15, 0.2) is 6.33 Å². The van der Waals surface area contributed by atoms with Crippen molar-refractivity contribution in [1.29, 1.82) is 0 Å². The first-order chi connectivity index (χ1) is 8.38. The second-order valence-electron chi connectivity index (χ2n) is 4.69. The minimum absolute atomic E-state index is 0.531. The average molecular weight is 227 g/mol. The number of H-pyrrole nitrogens is 1. The van der Waals surface area contributed by atoms with Gasteiger partial charge in [0.05, 0.1) is 11.8 Å². The molecule has 1 radical (unpaired) electrons. The van der Waals surface area contributed by atoms with Gasteiger partial charge in [0.2, 0.25) is 0 Å². The lowest BCUT2D eigenvalue weighted by molar-refractivity contribution is 0.430. The van der Waals surface area contributed by atoms with Gasteiger partial charge in [-0.05, 0) is 12.8 Å². The summed E-state index contributed by atoms with van der Waals surface area (Å²) in [6.45, 7) is 2.01. The van der Waals surface area contributed by atoms with Crippen molar-refractivity contribution < 1.29 is 0 Å². The summed E-state index contributed by atoms with van der Waals surface area (Å²) < 4.78 is 0. The van der Waals surface area contributed by atoms with Crippen molar-refractivity contribution in [2.75, 3.05) is 0 Å². The first-order valence-electron chi connectivity index (χ1n) is 6.39. The summed E-state index contributed by atoms with van der Waals surface area (Å²) in [4.78, 5) is 16.6. The molecule has 1 N–H and O–H groups in total. The molecule has 0 aliphatic heterocycles. The lowest BCUT2D eigenvalue weighted by Gasteiger charge is -2.20. The Morgan fingerprint density at radius 1 is 1.24 bits per heavy atom. The minimum Gasteiger partial charge on any atom is -0.342 e. The number of aromatic nitrogens is 4. The second kappa shape index (κ2) is 4.47. The number of rotatable bonds is 2. The number of fused-ring (bicyclic) bond motifs is 1. The van der Waals surface area contributed by atoms with Crippen molar-refractivity contribution >= 4 is 24.0 Å². The highest BCUT2D eigenvalue weighted by atomic mass is 15.0. The van der Waals surface area contributed by atoms with Gasteiger partial charge in [0.15, 0.2) is 12.9 Å². The number of nitrogens with zero attached hydrogens (tertiary/aromatic N) is 3. The first-order valence-corrected chi connectivity index (χ1v) is 6.39. The van der Waals surface area contributed by atoms with Gasteiger partial charge in [-0.25, -0.2) is 15.0 Å². The number of hydrogen-bond acceptors (Lipinski definition) is 3. The summed E-state index contributed by atoms with van der Waals surface area (Å²) >= 11 is 0. The summed E-state index contributed by atoms with van der Waals surface area (Å²) in [6, 6.07) is 0. The molecular weight excluding hydrogens is 211 g/mol. The van der Waals surface area contributed by atoms with Crippen molar-refractivity contribution in [1.82, 2.24) is 19.9 Å². The zero-order chi connectivity index (χ0) is 11.7. The van der Waals surface area contributed by atoms with Gasteiger partial charge in [-0.3, -0.25) is 0 Å². The van der Waals surface area contributed by atoms with Crippen LogP contribution in [0.4, 0.5) is 0 Å². The van der Waals surface area contributed by atoms with Crippen LogP contribution in [-0.4, -0.2) is 27.2 Å². The van der Waals surface area contributed by atoms with E-state index in [9.17, 15) is 0 Å². The summed E-state index contributed by atoms with van der Waals surface area (Å²) in [7, 11) is 2.02. The Morgan fingerprint density at radius 3 is 2.82 bits per heavy atom. The van der Waals surface area contributed by atoms with E-state index in [4.69, 9.17) is 0 Å². The SMILES string of the molecule is C[B]c1nc(C2CCCCC2)nc2nc[nH]c12. The van der Waals surface area contributed by atoms with Crippen molar-refractivity contribution in [2.24, 2.45) is 0 Å². The Labute approximate surface area is 102 Å². The van der Waals surface area contributed by atoms with E-state index >= 15 is 0 Å². The highest BCUT2D eigenvalue weighted by molar-refractivity contribution is 6.54. The van der Waals surface area contributed by atoms with Crippen LogP contribution in [0.5, 0.6) is 0 Å². The predicted octanol–water partition coefficient (Wildman–Crippen LogP) is 1.78. The molecule has 1 aliphatic rings. The molecule has 0 amide bonds. The molecule has 2 aromatic rings. The van der Waals surface area contributed by atoms with E-state index in [1.54, 1.807) is 6.33 Å². The Hall–Kier alpha value is -1.39. The van der Waals surface area contributed by atoms with Crippen LogP contribution in [0.2, 0.25) is 6.82 Å². The summed E-state index contributed by atoms with van der Waals surface area (Å²) in [6.07, 6.45) is 8.10. The third-order valence-electron chi connectivity index (χ3n) is 3.57. The molecule has 1 saturated carbocycles. The van der Waals surface area contributed by atoms with Gasteiger partial charge >= 0.3 is 0 Å². The van der Waals surface area contributed by atoms with E-state index in [0.717, 1.165) is 22.6 Å². The maximum Gasteiger partial charge on any atom is 0.180 e. The molecule has 0 unspecified atom stereocenters. The largest absolute Gasteiger partial charge is 0.342 e. The monoisotopic (exact) mass is 227 g/mol. The van der Waals surface area contributed by atoms with Crippen molar-refractivity contribution in [3.63, 3.8) is 0 Å². The van der Waals surface area contributed by atoms with Gasteiger partial charge in [-0.2, -0.15) is 0 Å². The lowest BCUT2D eigenvalue weighted by atomic mass is 9.77. The van der Waals surface area contributed by atoms with E-state index in [1.807, 2.05) is 14.1 Å². The molecule has 1 fully saturated rings. The van der Waals surface area contributed by atoms with Crippen LogP contribution in [-0.2, 0) is 0 Å². The predicted molar refractivity (Wildman–Crippen MR) is 68.8 cm³/mol. The highest BCUT2D eigenvalue weighted by Gasteiger charge is 2.20. The molecule has 0 saturated heterocycles. The van der Waals surface area contributed by atoms with E-state index < -0.39 is 0 Å². The maximum absolute atomic E-state index is 4.68. The quantitative estimate of drug-likeness (QED) is 0.795. The van der Waals surface area contributed by atoms with Crippen LogP contribution in [0.1, 0.15) is 43.8 Å². The van der Waals surface area contributed by atoms with Crippen molar-refractivity contribution in [2.45, 2.75) is 44.8 Å². The average Bonchev–Trinajstić information content (AvgIpc) is 2.86. The van der Waals surface area contributed by atoms with Crippen LogP contribution in [0, 0.1) is 0 Å². The van der Waals surface area contributed by atoms with Crippen LogP contribution >= 0.6 is 0 Å². The zero-order valence-electron chi connectivity index (χ0n) is 10.1. The summed E-state index contributed by atoms with van der Waals surface area (Å²) in [5.41, 5.74) is 2.73. The molecule has 0 atom stereocenters. The van der Waals surface area contributed by atoms with Gasteiger partial charge in [-0.1, -0.05) is 26.1 Å². The van der Waals surface area contributed by atoms with Crippen molar-refractivity contribution in [3.05, 3.63) is 12.2 Å². The molecule has 3 rings (SSSR count). The first kappa shape index (κ1) is 10.7. The molecule has 0 aromatic carbocycles. The van der Waals surface area contributed by atoms with Crippen LogP contribution in [0.3, 0.4) is 0 Å². The minimum atomic E-state index is 0.531. The number of hydrogen-bond donors (Lipinski definition) is 1. The van der Waals surface area contributed by atoms with Crippen molar-refractivity contribution in [3.8, 4) is 0 Å². The number of nitrogens with one attached hydrogen (secondary N) is 1. The van der Waals surface area contributed by atoms with E-state index in [-0.39, 0.29) is 0 Å². The summed E-state index contributed by atoms with van der Waals surface area (Å²) in [5.74, 6) is 1.51. The fourth-order valence-corrected chi connectivity index (χ4v) is 2.63. The molecule has 0 bridgehead atoms. The number of aromatic amines is 1. The topological polar surface area (TPSA) is 54.5 Å². The van der Waals surface area contributed by atoms with Gasteiger partial charge in [0.1, 0.15) is 5.82 Å². The molecule has 17 heavy (non-hydrogen) atoms. The standard InChI is InChI=1S/C12H16BN4/c1-13-10-9-12(15-7-14-9)17-11(16-10)8-5-3-2-4-6-8/h7-8H,2-6H2,1H3,(H,14,15,16,17). The fourth-order valence-electron chi connectivity index (χ4n) is 2.63. The molecule has 1 aliphatic carbocycles. The highest BCUT2D eigenvalue weighted by Crippen LogP contribution is 2.30. The fraction of sp³-hybridized carbons (Fsp3) is 0.583. The smallest absolute Gasteiger partial charge is 0.180 e. The third kappa shape index (κ3) is 1.94.